The van der Waals surface area contributed by atoms with Crippen LogP contribution in [0.15, 0.2) is 34.7 Å². The molecule has 0 bridgehead atoms. The van der Waals surface area contributed by atoms with Crippen molar-refractivity contribution >= 4 is 17.1 Å². The molecular formula is C17H11FN2O4. The average molecular weight is 326 g/mol. The number of hydrogen-bond acceptors (Lipinski definition) is 5. The van der Waals surface area contributed by atoms with Gasteiger partial charge in [-0.15, -0.1) is 0 Å². The molecule has 0 aliphatic rings. The van der Waals surface area contributed by atoms with Crippen LogP contribution >= 0.6 is 0 Å². The Kier molecular flexibility index (Phi) is 3.88. The van der Waals surface area contributed by atoms with Gasteiger partial charge in [-0.25, -0.2) is 14.2 Å². The predicted molar refractivity (Wildman–Crippen MR) is 81.2 cm³/mol. The van der Waals surface area contributed by atoms with Crippen LogP contribution < -0.4 is 4.74 Å². The summed E-state index contributed by atoms with van der Waals surface area (Å²) >= 11 is 0. The number of fused-ring (bicyclic) bond motifs is 1. The number of carbonyl (C=O) groups is 1. The molecule has 0 fully saturated rings. The minimum Gasteiger partial charge on any atom is -0.482 e. The lowest BCUT2D eigenvalue weighted by Crippen LogP contribution is -2.00. The molecule has 1 aromatic heterocycles. The Morgan fingerprint density at radius 1 is 1.42 bits per heavy atom. The van der Waals surface area contributed by atoms with Gasteiger partial charge in [0.05, 0.1) is 11.1 Å². The van der Waals surface area contributed by atoms with Gasteiger partial charge in [-0.05, 0) is 37.3 Å². The van der Waals surface area contributed by atoms with Gasteiger partial charge in [-0.1, -0.05) is 0 Å². The third-order valence-corrected chi connectivity index (χ3v) is 3.50. The lowest BCUT2D eigenvalue weighted by Gasteiger charge is -2.08. The number of aromatic nitrogens is 1. The number of halogens is 1. The number of hydrogen-bond donors (Lipinski definition) is 1. The van der Waals surface area contributed by atoms with Gasteiger partial charge < -0.3 is 14.3 Å². The van der Waals surface area contributed by atoms with Crippen LogP contribution in [0.5, 0.6) is 5.75 Å². The normalized spacial score (nSPS) is 10.5. The second-order valence-corrected chi connectivity index (χ2v) is 5.04. The molecule has 0 saturated heterocycles. The molecule has 120 valence electrons. The van der Waals surface area contributed by atoms with Gasteiger partial charge in [-0.2, -0.15) is 5.26 Å². The number of carboxylic acids is 1. The third-order valence-electron chi connectivity index (χ3n) is 3.50. The highest BCUT2D eigenvalue weighted by atomic mass is 19.1. The molecule has 0 spiro atoms. The number of carboxylic acid groups (broad SMARTS) is 1. The summed E-state index contributed by atoms with van der Waals surface area (Å²) in [6.07, 6.45) is 0. The minimum absolute atomic E-state index is 0.0726. The van der Waals surface area contributed by atoms with Crippen LogP contribution in [0.3, 0.4) is 0 Å². The van der Waals surface area contributed by atoms with E-state index in [9.17, 15) is 9.18 Å². The Balaban J connectivity index is 1.85. The van der Waals surface area contributed by atoms with E-state index in [1.807, 2.05) is 6.07 Å². The SMILES string of the molecule is Cc1c(F)ccc(OCc2nc3ccc(C(=O)O)cc3o2)c1C#N. The molecule has 3 aromatic rings. The fraction of sp³-hybridized carbons (Fsp3) is 0.118. The molecule has 6 nitrogen and oxygen atoms in total. The zero-order chi connectivity index (χ0) is 17.3. The van der Waals surface area contributed by atoms with E-state index in [-0.39, 0.29) is 34.9 Å². The van der Waals surface area contributed by atoms with Crippen molar-refractivity contribution in [2.45, 2.75) is 13.5 Å². The van der Waals surface area contributed by atoms with Crippen molar-refractivity contribution in [2.24, 2.45) is 0 Å². The van der Waals surface area contributed by atoms with E-state index < -0.39 is 11.8 Å². The third kappa shape index (κ3) is 2.77. The lowest BCUT2D eigenvalue weighted by molar-refractivity contribution is 0.0697. The summed E-state index contributed by atoms with van der Waals surface area (Å²) in [6.45, 7) is 1.42. The molecule has 24 heavy (non-hydrogen) atoms. The first kappa shape index (κ1) is 15.5. The summed E-state index contributed by atoms with van der Waals surface area (Å²) < 4.78 is 24.4. The van der Waals surface area contributed by atoms with E-state index in [0.29, 0.717) is 11.1 Å². The van der Waals surface area contributed by atoms with E-state index in [0.717, 1.165) is 0 Å². The number of aromatic carboxylic acids is 1. The highest BCUT2D eigenvalue weighted by Gasteiger charge is 2.13. The summed E-state index contributed by atoms with van der Waals surface area (Å²) in [5.41, 5.74) is 1.23. The summed E-state index contributed by atoms with van der Waals surface area (Å²) in [4.78, 5) is 15.1. The van der Waals surface area contributed by atoms with Crippen LogP contribution in [0, 0.1) is 24.1 Å². The summed E-state index contributed by atoms with van der Waals surface area (Å²) in [5, 5.41) is 18.1. The molecule has 0 saturated carbocycles. The van der Waals surface area contributed by atoms with E-state index in [2.05, 4.69) is 4.98 Å². The van der Waals surface area contributed by atoms with E-state index in [4.69, 9.17) is 19.5 Å². The first-order chi connectivity index (χ1) is 11.5. The summed E-state index contributed by atoms with van der Waals surface area (Å²) in [7, 11) is 0. The average Bonchev–Trinajstić information content (AvgIpc) is 2.97. The molecule has 0 radical (unpaired) electrons. The largest absolute Gasteiger partial charge is 0.482 e. The highest BCUT2D eigenvalue weighted by molar-refractivity contribution is 5.91. The zero-order valence-electron chi connectivity index (χ0n) is 12.5. The molecule has 0 unspecified atom stereocenters. The first-order valence-electron chi connectivity index (χ1n) is 6.94. The molecule has 0 atom stereocenters. The number of nitrogens with zero attached hydrogens (tertiary/aromatic N) is 2. The Hall–Kier alpha value is -3.40. The fourth-order valence-corrected chi connectivity index (χ4v) is 2.23. The lowest BCUT2D eigenvalue weighted by atomic mass is 10.1. The zero-order valence-corrected chi connectivity index (χ0v) is 12.5. The van der Waals surface area contributed by atoms with Crippen molar-refractivity contribution in [3.63, 3.8) is 0 Å². The van der Waals surface area contributed by atoms with Gasteiger partial charge in [-0.3, -0.25) is 0 Å². The molecular weight excluding hydrogens is 315 g/mol. The number of benzene rings is 2. The Labute approximate surface area is 135 Å². The molecule has 7 heteroatoms. The highest BCUT2D eigenvalue weighted by Crippen LogP contribution is 2.25. The molecule has 0 amide bonds. The monoisotopic (exact) mass is 326 g/mol. The fourth-order valence-electron chi connectivity index (χ4n) is 2.23. The van der Waals surface area contributed by atoms with E-state index in [1.165, 1.54) is 37.3 Å². The van der Waals surface area contributed by atoms with Gasteiger partial charge >= 0.3 is 5.97 Å². The Bertz CT molecular complexity index is 988. The summed E-state index contributed by atoms with van der Waals surface area (Å²) in [5.74, 6) is -1.10. The quantitative estimate of drug-likeness (QED) is 0.789. The van der Waals surface area contributed by atoms with Crippen molar-refractivity contribution in [1.29, 1.82) is 5.26 Å². The van der Waals surface area contributed by atoms with Crippen molar-refractivity contribution in [1.82, 2.24) is 4.98 Å². The molecule has 2 aromatic carbocycles. The maximum absolute atomic E-state index is 13.5. The molecule has 0 aliphatic heterocycles. The number of ether oxygens (including phenoxy) is 1. The predicted octanol–water partition coefficient (Wildman–Crippen LogP) is 3.42. The number of nitriles is 1. The Morgan fingerprint density at radius 2 is 2.21 bits per heavy atom. The second kappa shape index (κ2) is 6.01. The van der Waals surface area contributed by atoms with Gasteiger partial charge in [0.15, 0.2) is 12.2 Å². The van der Waals surface area contributed by atoms with E-state index in [1.54, 1.807) is 0 Å². The van der Waals surface area contributed by atoms with Crippen LogP contribution in [0.25, 0.3) is 11.1 Å². The van der Waals surface area contributed by atoms with Crippen molar-refractivity contribution in [3.8, 4) is 11.8 Å². The van der Waals surface area contributed by atoms with Crippen LogP contribution in [0.2, 0.25) is 0 Å². The van der Waals surface area contributed by atoms with Crippen LogP contribution in [0.4, 0.5) is 4.39 Å². The van der Waals surface area contributed by atoms with Crippen molar-refractivity contribution in [2.75, 3.05) is 0 Å². The van der Waals surface area contributed by atoms with Crippen LogP contribution in [0.1, 0.15) is 27.4 Å². The minimum atomic E-state index is -1.06. The molecule has 0 aliphatic carbocycles. The maximum Gasteiger partial charge on any atom is 0.335 e. The Morgan fingerprint density at radius 3 is 2.92 bits per heavy atom. The van der Waals surface area contributed by atoms with Crippen LogP contribution in [-0.4, -0.2) is 16.1 Å². The maximum atomic E-state index is 13.5. The van der Waals surface area contributed by atoms with Gasteiger partial charge in [0, 0.05) is 5.56 Å². The topological polar surface area (TPSA) is 96.3 Å². The molecule has 1 N–H and O–H groups in total. The van der Waals surface area contributed by atoms with Gasteiger partial charge in [0.2, 0.25) is 5.89 Å². The van der Waals surface area contributed by atoms with Crippen molar-refractivity contribution < 1.29 is 23.4 Å². The number of oxazole rings is 1. The van der Waals surface area contributed by atoms with Crippen molar-refractivity contribution in [3.05, 3.63) is 58.7 Å². The smallest absolute Gasteiger partial charge is 0.335 e. The van der Waals surface area contributed by atoms with Gasteiger partial charge in [0.1, 0.15) is 23.2 Å². The van der Waals surface area contributed by atoms with E-state index >= 15 is 0 Å². The standard InChI is InChI=1S/C17H11FN2O4/c1-9-11(7-19)14(5-3-12(9)18)23-8-16-20-13-4-2-10(17(21)22)6-15(13)24-16/h2-6H,8H2,1H3,(H,21,22). The second-order valence-electron chi connectivity index (χ2n) is 5.04. The van der Waals surface area contributed by atoms with Crippen LogP contribution in [-0.2, 0) is 6.61 Å². The molecule has 3 rings (SSSR count). The molecule has 1 heterocycles. The number of rotatable bonds is 4. The first-order valence-corrected chi connectivity index (χ1v) is 6.94. The van der Waals surface area contributed by atoms with Gasteiger partial charge in [0.25, 0.3) is 0 Å². The summed E-state index contributed by atoms with van der Waals surface area (Å²) in [6, 6.07) is 8.83.